The Kier molecular flexibility index (Phi) is 9.88. The predicted octanol–water partition coefficient (Wildman–Crippen LogP) is 5.07. The molecule has 0 aliphatic carbocycles. The molecule has 0 aromatic heterocycles. The van der Waals surface area contributed by atoms with Gasteiger partial charge in [-0.1, -0.05) is 48.3 Å². The molecule has 1 heterocycles. The molecule has 0 radical (unpaired) electrons. The summed E-state index contributed by atoms with van der Waals surface area (Å²) in [5, 5.41) is 0.831. The number of carbonyl (C=O) groups excluding carboxylic acids is 1. The van der Waals surface area contributed by atoms with Crippen molar-refractivity contribution in [2.45, 2.75) is 70.5 Å². The smallest absolute Gasteiger partial charge is 0.305 e. The first kappa shape index (κ1) is 17.2. The second kappa shape index (κ2) is 10.9. The van der Waals surface area contributed by atoms with Crippen LogP contribution in [0, 0.1) is 5.92 Å². The number of carbonyl (C=O) groups is 1. The van der Waals surface area contributed by atoms with Crippen LogP contribution in [0.15, 0.2) is 0 Å². The molecule has 1 saturated heterocycles. The van der Waals surface area contributed by atoms with Crippen LogP contribution < -0.4 is 0 Å². The summed E-state index contributed by atoms with van der Waals surface area (Å²) in [6.45, 7) is 5.07. The van der Waals surface area contributed by atoms with Gasteiger partial charge in [0.05, 0.1) is 6.61 Å². The standard InChI is InChI=1S/C15H28O2S2/c1-13(2)7-5-6-11-17-15(16)9-4-3-8-14-10-12-18-19-14/h13-14H,3-12H2,1-2H3/t14-/m1/s1. The van der Waals surface area contributed by atoms with Gasteiger partial charge in [0, 0.05) is 17.4 Å². The molecule has 1 rings (SSSR count). The number of unbranched alkanes of at least 4 members (excludes halogenated alkanes) is 2. The number of rotatable bonds is 10. The van der Waals surface area contributed by atoms with Gasteiger partial charge in [0.1, 0.15) is 0 Å². The molecular formula is C15H28O2S2. The van der Waals surface area contributed by atoms with Crippen LogP contribution >= 0.6 is 21.6 Å². The Morgan fingerprint density at radius 1 is 1.26 bits per heavy atom. The normalized spacial score (nSPS) is 19.0. The van der Waals surface area contributed by atoms with E-state index in [0.717, 1.165) is 24.0 Å². The van der Waals surface area contributed by atoms with E-state index in [1.54, 1.807) is 0 Å². The van der Waals surface area contributed by atoms with Crippen molar-refractivity contribution in [3.05, 3.63) is 0 Å². The monoisotopic (exact) mass is 304 g/mol. The summed E-state index contributed by atoms with van der Waals surface area (Å²) in [5.41, 5.74) is 0. The predicted molar refractivity (Wildman–Crippen MR) is 86.6 cm³/mol. The molecule has 0 aromatic rings. The molecule has 112 valence electrons. The highest BCUT2D eigenvalue weighted by Crippen LogP contribution is 2.39. The Labute approximate surface area is 126 Å². The fraction of sp³-hybridized carbons (Fsp3) is 0.933. The molecule has 0 amide bonds. The molecule has 1 aliphatic rings. The molecule has 4 heteroatoms. The fourth-order valence-electron chi connectivity index (χ4n) is 2.12. The molecule has 1 atom stereocenters. The van der Waals surface area contributed by atoms with E-state index >= 15 is 0 Å². The van der Waals surface area contributed by atoms with Crippen molar-refractivity contribution < 1.29 is 9.53 Å². The second-order valence-electron chi connectivity index (χ2n) is 5.68. The summed E-state index contributed by atoms with van der Waals surface area (Å²) in [7, 11) is 4.01. The number of hydrogen-bond acceptors (Lipinski definition) is 4. The number of hydrogen-bond donors (Lipinski definition) is 0. The maximum atomic E-state index is 11.5. The van der Waals surface area contributed by atoms with E-state index in [9.17, 15) is 4.79 Å². The molecule has 0 aromatic carbocycles. The van der Waals surface area contributed by atoms with Crippen LogP contribution in [-0.2, 0) is 9.53 Å². The first-order valence-electron chi connectivity index (χ1n) is 7.62. The average molecular weight is 305 g/mol. The first-order valence-corrected chi connectivity index (χ1v) is 10.0. The molecule has 0 saturated carbocycles. The van der Waals surface area contributed by atoms with Gasteiger partial charge in [0.2, 0.25) is 0 Å². The van der Waals surface area contributed by atoms with Crippen molar-refractivity contribution in [2.75, 3.05) is 12.4 Å². The SMILES string of the molecule is CC(C)CCCCOC(=O)CCCC[C@@H]1CCSS1. The zero-order valence-corrected chi connectivity index (χ0v) is 14.0. The highest BCUT2D eigenvalue weighted by Gasteiger charge is 2.15. The van der Waals surface area contributed by atoms with Gasteiger partial charge in [0.25, 0.3) is 0 Å². The van der Waals surface area contributed by atoms with Crippen LogP contribution in [0.25, 0.3) is 0 Å². The Morgan fingerprint density at radius 3 is 2.79 bits per heavy atom. The first-order chi connectivity index (χ1) is 9.18. The van der Waals surface area contributed by atoms with Gasteiger partial charge in [-0.3, -0.25) is 4.79 Å². The van der Waals surface area contributed by atoms with Crippen LogP contribution in [0.3, 0.4) is 0 Å². The summed E-state index contributed by atoms with van der Waals surface area (Å²) in [5.74, 6) is 2.05. The summed E-state index contributed by atoms with van der Waals surface area (Å²) >= 11 is 0. The van der Waals surface area contributed by atoms with E-state index in [0.29, 0.717) is 13.0 Å². The second-order valence-corrected chi connectivity index (χ2v) is 8.47. The van der Waals surface area contributed by atoms with Crippen LogP contribution in [-0.4, -0.2) is 23.6 Å². The minimum absolute atomic E-state index is 0.00185. The van der Waals surface area contributed by atoms with Gasteiger partial charge < -0.3 is 4.74 Å². The van der Waals surface area contributed by atoms with Crippen LogP contribution in [0.1, 0.15) is 65.2 Å². The maximum absolute atomic E-state index is 11.5. The maximum Gasteiger partial charge on any atom is 0.305 e. The Morgan fingerprint density at radius 2 is 2.11 bits per heavy atom. The zero-order chi connectivity index (χ0) is 13.9. The topological polar surface area (TPSA) is 26.3 Å². The Bertz CT molecular complexity index is 238. The highest BCUT2D eigenvalue weighted by molar-refractivity contribution is 8.77. The number of esters is 1. The summed E-state index contributed by atoms with van der Waals surface area (Å²) in [6, 6.07) is 0. The van der Waals surface area contributed by atoms with E-state index in [-0.39, 0.29) is 5.97 Å². The lowest BCUT2D eigenvalue weighted by atomic mass is 10.1. The fourth-order valence-corrected chi connectivity index (χ4v) is 5.15. The van der Waals surface area contributed by atoms with Gasteiger partial charge in [-0.25, -0.2) is 0 Å². The Balaban J connectivity index is 1.84. The van der Waals surface area contributed by atoms with E-state index in [1.165, 1.54) is 37.9 Å². The lowest BCUT2D eigenvalue weighted by molar-refractivity contribution is -0.143. The highest BCUT2D eigenvalue weighted by atomic mass is 33.1. The van der Waals surface area contributed by atoms with Gasteiger partial charge >= 0.3 is 5.97 Å². The molecule has 2 nitrogen and oxygen atoms in total. The molecule has 0 bridgehead atoms. The van der Waals surface area contributed by atoms with Crippen molar-refractivity contribution in [2.24, 2.45) is 5.92 Å². The van der Waals surface area contributed by atoms with E-state index in [2.05, 4.69) is 13.8 Å². The van der Waals surface area contributed by atoms with Crippen molar-refractivity contribution in [1.29, 1.82) is 0 Å². The van der Waals surface area contributed by atoms with Gasteiger partial charge in [-0.15, -0.1) is 0 Å². The zero-order valence-electron chi connectivity index (χ0n) is 12.4. The van der Waals surface area contributed by atoms with Gasteiger partial charge in [-0.2, -0.15) is 0 Å². The summed E-state index contributed by atoms with van der Waals surface area (Å²) in [4.78, 5) is 11.5. The molecule has 0 spiro atoms. The van der Waals surface area contributed by atoms with Crippen molar-refractivity contribution in [1.82, 2.24) is 0 Å². The van der Waals surface area contributed by atoms with E-state index in [1.807, 2.05) is 21.6 Å². The van der Waals surface area contributed by atoms with Crippen LogP contribution in [0.2, 0.25) is 0 Å². The van der Waals surface area contributed by atoms with Crippen LogP contribution in [0.5, 0.6) is 0 Å². The largest absolute Gasteiger partial charge is 0.466 e. The van der Waals surface area contributed by atoms with E-state index < -0.39 is 0 Å². The van der Waals surface area contributed by atoms with Gasteiger partial charge in [0.15, 0.2) is 0 Å². The third kappa shape index (κ3) is 9.67. The Hall–Kier alpha value is 0.170. The lowest BCUT2D eigenvalue weighted by Gasteiger charge is -2.08. The van der Waals surface area contributed by atoms with Crippen molar-refractivity contribution in [3.63, 3.8) is 0 Å². The van der Waals surface area contributed by atoms with Crippen molar-refractivity contribution in [3.8, 4) is 0 Å². The molecular weight excluding hydrogens is 276 g/mol. The summed E-state index contributed by atoms with van der Waals surface area (Å²) < 4.78 is 5.25. The third-order valence-electron chi connectivity index (χ3n) is 3.32. The third-order valence-corrected chi connectivity index (χ3v) is 6.33. The molecule has 1 fully saturated rings. The summed E-state index contributed by atoms with van der Waals surface area (Å²) in [6.07, 6.45) is 8.78. The molecule has 0 N–H and O–H groups in total. The minimum atomic E-state index is -0.00185. The minimum Gasteiger partial charge on any atom is -0.466 e. The molecule has 19 heavy (non-hydrogen) atoms. The molecule has 0 unspecified atom stereocenters. The van der Waals surface area contributed by atoms with Gasteiger partial charge in [-0.05, 0) is 38.0 Å². The average Bonchev–Trinajstić information content (AvgIpc) is 2.87. The lowest BCUT2D eigenvalue weighted by Crippen LogP contribution is -2.06. The quantitative estimate of drug-likeness (QED) is 0.320. The van der Waals surface area contributed by atoms with Crippen molar-refractivity contribution >= 4 is 27.6 Å². The van der Waals surface area contributed by atoms with E-state index in [4.69, 9.17) is 4.74 Å². The number of ether oxygens (including phenoxy) is 1. The molecule has 1 aliphatic heterocycles. The van der Waals surface area contributed by atoms with Crippen LogP contribution in [0.4, 0.5) is 0 Å².